The van der Waals surface area contributed by atoms with Crippen molar-refractivity contribution < 1.29 is 5.11 Å². The van der Waals surface area contributed by atoms with Crippen LogP contribution in [0.3, 0.4) is 0 Å². The predicted molar refractivity (Wildman–Crippen MR) is 68.9 cm³/mol. The van der Waals surface area contributed by atoms with E-state index in [-0.39, 0.29) is 0 Å². The van der Waals surface area contributed by atoms with Crippen LogP contribution in [0.1, 0.15) is 58.2 Å². The van der Waals surface area contributed by atoms with Crippen LogP contribution in [0.25, 0.3) is 0 Å². The number of aliphatic hydroxyl groups is 1. The molecule has 2 rings (SSSR count). The Morgan fingerprint density at radius 2 is 2.24 bits per heavy atom. The van der Waals surface area contributed by atoms with Crippen molar-refractivity contribution in [3.8, 4) is 0 Å². The van der Waals surface area contributed by atoms with E-state index in [0.29, 0.717) is 18.4 Å². The zero-order valence-electron chi connectivity index (χ0n) is 11.2. The molecule has 0 amide bonds. The van der Waals surface area contributed by atoms with Gasteiger partial charge in [0.15, 0.2) is 0 Å². The monoisotopic (exact) mass is 236 g/mol. The highest BCUT2D eigenvalue weighted by Gasteiger charge is 2.42. The zero-order chi connectivity index (χ0) is 12.5. The Bertz CT molecular complexity index is 370. The first-order valence-electron chi connectivity index (χ1n) is 6.85. The molecule has 0 spiro atoms. The predicted octanol–water partition coefficient (Wildman–Crippen LogP) is 2.95. The van der Waals surface area contributed by atoms with E-state index in [0.717, 1.165) is 18.5 Å². The molecule has 0 saturated heterocycles. The van der Waals surface area contributed by atoms with Gasteiger partial charge in [0.25, 0.3) is 0 Å². The first-order chi connectivity index (χ1) is 8.09. The van der Waals surface area contributed by atoms with Gasteiger partial charge in [-0.05, 0) is 44.6 Å². The lowest BCUT2D eigenvalue weighted by Crippen LogP contribution is -2.33. The molecule has 3 nitrogen and oxygen atoms in total. The van der Waals surface area contributed by atoms with Crippen molar-refractivity contribution in [3.05, 3.63) is 18.0 Å². The van der Waals surface area contributed by atoms with Crippen LogP contribution in [0.5, 0.6) is 0 Å². The minimum Gasteiger partial charge on any atom is -0.389 e. The van der Waals surface area contributed by atoms with Gasteiger partial charge in [-0.2, -0.15) is 5.10 Å². The second kappa shape index (κ2) is 4.81. The molecular formula is C14H24N2O. The molecule has 17 heavy (non-hydrogen) atoms. The summed E-state index contributed by atoms with van der Waals surface area (Å²) in [5.41, 5.74) is 0.510. The fourth-order valence-electron chi connectivity index (χ4n) is 2.40. The molecule has 2 atom stereocenters. The van der Waals surface area contributed by atoms with Gasteiger partial charge >= 0.3 is 0 Å². The Labute approximate surface area is 104 Å². The highest BCUT2D eigenvalue weighted by molar-refractivity contribution is 5.08. The van der Waals surface area contributed by atoms with E-state index >= 15 is 0 Å². The lowest BCUT2D eigenvalue weighted by Gasteiger charge is -2.25. The minimum atomic E-state index is -0.519. The Hall–Kier alpha value is -0.830. The van der Waals surface area contributed by atoms with Crippen LogP contribution in [0.15, 0.2) is 12.3 Å². The molecule has 1 aliphatic carbocycles. The smallest absolute Gasteiger partial charge is 0.0729 e. The van der Waals surface area contributed by atoms with Gasteiger partial charge in [0, 0.05) is 18.7 Å². The summed E-state index contributed by atoms with van der Waals surface area (Å²) >= 11 is 0. The molecule has 1 aromatic heterocycles. The Morgan fingerprint density at radius 3 is 2.76 bits per heavy atom. The van der Waals surface area contributed by atoms with E-state index in [2.05, 4.69) is 31.9 Å². The van der Waals surface area contributed by atoms with Crippen LogP contribution in [-0.2, 0) is 6.42 Å². The van der Waals surface area contributed by atoms with Crippen molar-refractivity contribution in [1.82, 2.24) is 9.78 Å². The number of hydrogen-bond acceptors (Lipinski definition) is 2. The first-order valence-corrected chi connectivity index (χ1v) is 6.85. The highest BCUT2D eigenvalue weighted by Crippen LogP contribution is 2.43. The molecular weight excluding hydrogens is 212 g/mol. The van der Waals surface area contributed by atoms with Crippen LogP contribution in [0.2, 0.25) is 0 Å². The Morgan fingerprint density at radius 1 is 1.53 bits per heavy atom. The van der Waals surface area contributed by atoms with Gasteiger partial charge in [-0.1, -0.05) is 13.8 Å². The second-order valence-electron chi connectivity index (χ2n) is 5.45. The minimum absolute atomic E-state index is 0.444. The first kappa shape index (κ1) is 12.6. The number of rotatable bonds is 6. The third kappa shape index (κ3) is 2.71. The van der Waals surface area contributed by atoms with Crippen LogP contribution in [0.4, 0.5) is 0 Å². The van der Waals surface area contributed by atoms with E-state index in [1.54, 1.807) is 0 Å². The molecule has 1 aromatic rings. The third-order valence-corrected chi connectivity index (χ3v) is 4.14. The Kier molecular flexibility index (Phi) is 3.57. The third-order valence-electron chi connectivity index (χ3n) is 4.14. The topological polar surface area (TPSA) is 38.0 Å². The summed E-state index contributed by atoms with van der Waals surface area (Å²) in [7, 11) is 0. The van der Waals surface area contributed by atoms with E-state index in [9.17, 15) is 5.11 Å². The molecule has 3 heteroatoms. The summed E-state index contributed by atoms with van der Waals surface area (Å²) in [6.45, 7) is 6.41. The van der Waals surface area contributed by atoms with Crippen LogP contribution >= 0.6 is 0 Å². The molecule has 1 N–H and O–H groups in total. The summed E-state index contributed by atoms with van der Waals surface area (Å²) in [5, 5.41) is 15.1. The second-order valence-corrected chi connectivity index (χ2v) is 5.45. The Balaban J connectivity index is 2.05. The van der Waals surface area contributed by atoms with Crippen molar-refractivity contribution in [2.75, 3.05) is 0 Å². The lowest BCUT2D eigenvalue weighted by atomic mass is 9.89. The molecule has 96 valence electrons. The van der Waals surface area contributed by atoms with E-state index < -0.39 is 5.60 Å². The van der Waals surface area contributed by atoms with E-state index in [1.165, 1.54) is 12.8 Å². The molecule has 0 aromatic carbocycles. The summed E-state index contributed by atoms with van der Waals surface area (Å²) in [5.74, 6) is 0.501. The van der Waals surface area contributed by atoms with E-state index in [4.69, 9.17) is 0 Å². The van der Waals surface area contributed by atoms with Crippen molar-refractivity contribution in [1.29, 1.82) is 0 Å². The standard InChI is InChI=1S/C14H24N2O/c1-4-11(3)16-9-8-13(15-16)10-14(17,5-2)12-6-7-12/h8-9,11-12,17H,4-7,10H2,1-3H3. The maximum atomic E-state index is 10.6. The molecule has 2 unspecified atom stereocenters. The molecule has 0 aliphatic heterocycles. The zero-order valence-corrected chi connectivity index (χ0v) is 11.2. The average Bonchev–Trinajstić information content (AvgIpc) is 3.10. The van der Waals surface area contributed by atoms with Crippen LogP contribution in [-0.4, -0.2) is 20.5 Å². The molecule has 1 aliphatic rings. The van der Waals surface area contributed by atoms with Crippen LogP contribution < -0.4 is 0 Å². The van der Waals surface area contributed by atoms with Crippen molar-refractivity contribution in [3.63, 3.8) is 0 Å². The summed E-state index contributed by atoms with van der Waals surface area (Å²) < 4.78 is 2.01. The maximum absolute atomic E-state index is 10.6. The maximum Gasteiger partial charge on any atom is 0.0729 e. The number of aromatic nitrogens is 2. The molecule has 0 radical (unpaired) electrons. The SMILES string of the molecule is CCC(C)n1ccc(CC(O)(CC)C2CC2)n1. The van der Waals surface area contributed by atoms with E-state index in [1.807, 2.05) is 10.9 Å². The van der Waals surface area contributed by atoms with Gasteiger partial charge in [0.2, 0.25) is 0 Å². The lowest BCUT2D eigenvalue weighted by molar-refractivity contribution is 0.0128. The van der Waals surface area contributed by atoms with Crippen molar-refractivity contribution in [2.45, 2.75) is 64.5 Å². The molecule has 1 fully saturated rings. The number of hydrogen-bond donors (Lipinski definition) is 1. The number of nitrogens with zero attached hydrogens (tertiary/aromatic N) is 2. The molecule has 0 bridgehead atoms. The van der Waals surface area contributed by atoms with Gasteiger partial charge in [-0.15, -0.1) is 0 Å². The molecule has 1 saturated carbocycles. The van der Waals surface area contributed by atoms with Crippen LogP contribution in [0, 0.1) is 5.92 Å². The van der Waals surface area contributed by atoms with Gasteiger partial charge < -0.3 is 5.11 Å². The van der Waals surface area contributed by atoms with Gasteiger partial charge in [-0.3, -0.25) is 4.68 Å². The van der Waals surface area contributed by atoms with Gasteiger partial charge in [-0.25, -0.2) is 0 Å². The normalized spacial score (nSPS) is 21.2. The fourth-order valence-corrected chi connectivity index (χ4v) is 2.40. The average molecular weight is 236 g/mol. The van der Waals surface area contributed by atoms with Crippen molar-refractivity contribution >= 4 is 0 Å². The fraction of sp³-hybridized carbons (Fsp3) is 0.786. The van der Waals surface area contributed by atoms with Gasteiger partial charge in [0.1, 0.15) is 0 Å². The summed E-state index contributed by atoms with van der Waals surface area (Å²) in [4.78, 5) is 0. The quantitative estimate of drug-likeness (QED) is 0.824. The summed E-state index contributed by atoms with van der Waals surface area (Å²) in [6.07, 6.45) is 7.01. The molecule has 1 heterocycles. The largest absolute Gasteiger partial charge is 0.389 e. The van der Waals surface area contributed by atoms with Crippen molar-refractivity contribution in [2.24, 2.45) is 5.92 Å². The highest BCUT2D eigenvalue weighted by atomic mass is 16.3. The summed E-state index contributed by atoms with van der Waals surface area (Å²) in [6, 6.07) is 2.49. The van der Waals surface area contributed by atoms with Gasteiger partial charge in [0.05, 0.1) is 11.3 Å².